The highest BCUT2D eigenvalue weighted by Crippen LogP contribution is 2.07. The van der Waals surface area contributed by atoms with E-state index in [-0.39, 0.29) is 6.10 Å². The first kappa shape index (κ1) is 18.8. The third-order valence-corrected chi connectivity index (χ3v) is 3.66. The van der Waals surface area contributed by atoms with E-state index in [1.165, 1.54) is 0 Å². The van der Waals surface area contributed by atoms with E-state index in [9.17, 15) is 0 Å². The molecule has 1 aliphatic heterocycles. The molecule has 1 saturated heterocycles. The molecule has 0 aromatic carbocycles. The Morgan fingerprint density at radius 1 is 1.29 bits per heavy atom. The first-order valence-electron chi connectivity index (χ1n) is 8.62. The molecule has 2 rings (SSSR count). The molecule has 24 heavy (non-hydrogen) atoms. The second kappa shape index (κ2) is 11.9. The van der Waals surface area contributed by atoms with E-state index in [0.717, 1.165) is 63.9 Å². The number of nitrogens with one attached hydrogen (secondary N) is 2. The molecule has 7 nitrogen and oxygen atoms in total. The van der Waals surface area contributed by atoms with Crippen LogP contribution in [0.3, 0.4) is 0 Å². The van der Waals surface area contributed by atoms with Crippen LogP contribution in [0.2, 0.25) is 0 Å². The van der Waals surface area contributed by atoms with Crippen LogP contribution in [0.25, 0.3) is 0 Å². The summed E-state index contributed by atoms with van der Waals surface area (Å²) in [4.78, 5) is 4.20. The van der Waals surface area contributed by atoms with Crippen LogP contribution in [-0.2, 0) is 20.8 Å². The van der Waals surface area contributed by atoms with Gasteiger partial charge in [0.15, 0.2) is 5.96 Å². The number of furan rings is 1. The van der Waals surface area contributed by atoms with Crippen LogP contribution in [0.15, 0.2) is 27.8 Å². The van der Waals surface area contributed by atoms with Gasteiger partial charge in [-0.25, -0.2) is 0 Å². The SMILES string of the molecule is CN=C(NCCCOCc1ccco1)NCCCOC1CCOC1. The number of aliphatic imine (C=N–C) groups is 1. The first-order valence-corrected chi connectivity index (χ1v) is 8.62. The van der Waals surface area contributed by atoms with Crippen LogP contribution in [-0.4, -0.2) is 58.6 Å². The van der Waals surface area contributed by atoms with Crippen LogP contribution < -0.4 is 10.6 Å². The molecule has 1 fully saturated rings. The van der Waals surface area contributed by atoms with Crippen LogP contribution >= 0.6 is 0 Å². The molecule has 1 unspecified atom stereocenters. The quantitative estimate of drug-likeness (QED) is 0.362. The molecular formula is C17H29N3O4. The van der Waals surface area contributed by atoms with Gasteiger partial charge in [-0.2, -0.15) is 0 Å². The zero-order valence-corrected chi connectivity index (χ0v) is 14.5. The smallest absolute Gasteiger partial charge is 0.190 e. The van der Waals surface area contributed by atoms with E-state index in [4.69, 9.17) is 18.6 Å². The third-order valence-electron chi connectivity index (χ3n) is 3.66. The maximum Gasteiger partial charge on any atom is 0.190 e. The lowest BCUT2D eigenvalue weighted by atomic mass is 10.3. The topological polar surface area (TPSA) is 77.3 Å². The zero-order chi connectivity index (χ0) is 16.9. The van der Waals surface area contributed by atoms with Gasteiger partial charge in [-0.15, -0.1) is 0 Å². The fourth-order valence-electron chi connectivity index (χ4n) is 2.34. The molecule has 0 radical (unpaired) electrons. The monoisotopic (exact) mass is 339 g/mol. The van der Waals surface area contributed by atoms with Gasteiger partial charge in [0, 0.05) is 40.0 Å². The number of rotatable bonds is 11. The summed E-state index contributed by atoms with van der Waals surface area (Å²) in [7, 11) is 1.77. The fourth-order valence-corrected chi connectivity index (χ4v) is 2.34. The molecule has 1 aromatic heterocycles. The van der Waals surface area contributed by atoms with Gasteiger partial charge in [0.1, 0.15) is 12.4 Å². The Kier molecular flexibility index (Phi) is 9.29. The molecule has 0 aliphatic carbocycles. The van der Waals surface area contributed by atoms with Crippen molar-refractivity contribution in [2.75, 3.05) is 46.6 Å². The number of ether oxygens (including phenoxy) is 3. The largest absolute Gasteiger partial charge is 0.467 e. The molecular weight excluding hydrogens is 310 g/mol. The summed E-state index contributed by atoms with van der Waals surface area (Å²) in [6.07, 6.45) is 4.81. The Morgan fingerprint density at radius 3 is 2.79 bits per heavy atom. The molecule has 0 bridgehead atoms. The van der Waals surface area contributed by atoms with Crippen LogP contribution in [0.5, 0.6) is 0 Å². The Balaban J connectivity index is 1.40. The number of hydrogen-bond donors (Lipinski definition) is 2. The van der Waals surface area contributed by atoms with Crippen molar-refractivity contribution >= 4 is 5.96 Å². The summed E-state index contributed by atoms with van der Waals surface area (Å²) in [5, 5.41) is 6.55. The van der Waals surface area contributed by atoms with Crippen LogP contribution in [0.1, 0.15) is 25.0 Å². The predicted octanol–water partition coefficient (Wildman–Crippen LogP) is 1.55. The summed E-state index contributed by atoms with van der Waals surface area (Å²) >= 11 is 0. The highest BCUT2D eigenvalue weighted by atomic mass is 16.5. The lowest BCUT2D eigenvalue weighted by Crippen LogP contribution is -2.38. The minimum atomic E-state index is 0.281. The molecule has 2 heterocycles. The molecule has 0 spiro atoms. The van der Waals surface area contributed by atoms with Gasteiger partial charge >= 0.3 is 0 Å². The second-order valence-electron chi connectivity index (χ2n) is 5.62. The first-order chi connectivity index (χ1) is 11.9. The second-order valence-corrected chi connectivity index (χ2v) is 5.62. The maximum atomic E-state index is 5.72. The summed E-state index contributed by atoms with van der Waals surface area (Å²) in [6.45, 7) is 5.16. The van der Waals surface area contributed by atoms with Gasteiger partial charge in [-0.3, -0.25) is 4.99 Å². The normalized spacial score (nSPS) is 18.0. The lowest BCUT2D eigenvalue weighted by Gasteiger charge is -2.13. The van der Waals surface area contributed by atoms with Gasteiger partial charge in [0.25, 0.3) is 0 Å². The Bertz CT molecular complexity index is 445. The van der Waals surface area contributed by atoms with Crippen molar-refractivity contribution in [3.05, 3.63) is 24.2 Å². The summed E-state index contributed by atoms with van der Waals surface area (Å²) in [6, 6.07) is 3.77. The highest BCUT2D eigenvalue weighted by molar-refractivity contribution is 5.79. The number of hydrogen-bond acceptors (Lipinski definition) is 5. The van der Waals surface area contributed by atoms with Crippen molar-refractivity contribution in [2.24, 2.45) is 4.99 Å². The van der Waals surface area contributed by atoms with E-state index in [0.29, 0.717) is 13.2 Å². The summed E-state index contributed by atoms with van der Waals surface area (Å²) < 4.78 is 21.7. The van der Waals surface area contributed by atoms with Gasteiger partial charge in [0.05, 0.1) is 19.0 Å². The highest BCUT2D eigenvalue weighted by Gasteiger charge is 2.15. The minimum absolute atomic E-state index is 0.281. The molecule has 1 aliphatic rings. The summed E-state index contributed by atoms with van der Waals surface area (Å²) in [5.74, 6) is 1.66. The summed E-state index contributed by atoms with van der Waals surface area (Å²) in [5.41, 5.74) is 0. The Hall–Kier alpha value is -1.57. The molecule has 2 N–H and O–H groups in total. The standard InChI is InChI=1S/C17H29N3O4/c1-18-17(20-8-4-11-24-16-6-12-22-14-16)19-7-3-9-21-13-15-5-2-10-23-15/h2,5,10,16H,3-4,6-9,11-14H2,1H3,(H2,18,19,20). The van der Waals surface area contributed by atoms with Gasteiger partial charge in [-0.05, 0) is 31.4 Å². The average molecular weight is 339 g/mol. The van der Waals surface area contributed by atoms with Crippen LogP contribution in [0, 0.1) is 0 Å². The molecule has 1 aromatic rings. The van der Waals surface area contributed by atoms with E-state index in [1.54, 1.807) is 13.3 Å². The molecule has 1 atom stereocenters. The van der Waals surface area contributed by atoms with Crippen molar-refractivity contribution in [3.63, 3.8) is 0 Å². The minimum Gasteiger partial charge on any atom is -0.467 e. The average Bonchev–Trinajstić information content (AvgIpc) is 3.29. The van der Waals surface area contributed by atoms with E-state index in [2.05, 4.69) is 15.6 Å². The van der Waals surface area contributed by atoms with E-state index in [1.807, 2.05) is 12.1 Å². The van der Waals surface area contributed by atoms with Crippen molar-refractivity contribution in [1.29, 1.82) is 0 Å². The Morgan fingerprint density at radius 2 is 2.12 bits per heavy atom. The van der Waals surface area contributed by atoms with E-state index >= 15 is 0 Å². The molecule has 0 saturated carbocycles. The van der Waals surface area contributed by atoms with Crippen molar-refractivity contribution in [3.8, 4) is 0 Å². The third kappa shape index (κ3) is 7.81. The lowest BCUT2D eigenvalue weighted by molar-refractivity contribution is 0.0420. The number of guanidine groups is 1. The van der Waals surface area contributed by atoms with Crippen molar-refractivity contribution < 1.29 is 18.6 Å². The van der Waals surface area contributed by atoms with Gasteiger partial charge in [0.2, 0.25) is 0 Å². The fraction of sp³-hybridized carbons (Fsp3) is 0.706. The zero-order valence-electron chi connectivity index (χ0n) is 14.5. The van der Waals surface area contributed by atoms with E-state index < -0.39 is 0 Å². The van der Waals surface area contributed by atoms with Gasteiger partial charge in [-0.1, -0.05) is 0 Å². The molecule has 0 amide bonds. The number of nitrogens with zero attached hydrogens (tertiary/aromatic N) is 1. The van der Waals surface area contributed by atoms with Crippen LogP contribution in [0.4, 0.5) is 0 Å². The van der Waals surface area contributed by atoms with Crippen molar-refractivity contribution in [1.82, 2.24) is 10.6 Å². The molecule has 7 heteroatoms. The predicted molar refractivity (Wildman–Crippen MR) is 92.1 cm³/mol. The van der Waals surface area contributed by atoms with Gasteiger partial charge < -0.3 is 29.3 Å². The maximum absolute atomic E-state index is 5.72. The molecule has 136 valence electrons. The van der Waals surface area contributed by atoms with Crippen molar-refractivity contribution in [2.45, 2.75) is 32.0 Å². The Labute approximate surface area is 143 Å².